The number of aldehydes is 1. The number of benzene rings is 3. The Labute approximate surface area is 330 Å². The molecule has 4 aromatic rings. The lowest BCUT2D eigenvalue weighted by atomic mass is 9.95. The molecule has 57 heavy (non-hydrogen) atoms. The molecule has 15 nitrogen and oxygen atoms in total. The third kappa shape index (κ3) is 7.55. The van der Waals surface area contributed by atoms with Crippen LogP contribution in [0, 0.1) is 5.41 Å². The maximum Gasteiger partial charge on any atom is 0.262 e. The van der Waals surface area contributed by atoms with Crippen molar-refractivity contribution in [3.8, 4) is 11.5 Å². The number of nitrogens with zero attached hydrogens (tertiary/aromatic N) is 6. The molecular formula is C42H46N10O5. The van der Waals surface area contributed by atoms with E-state index in [0.29, 0.717) is 46.6 Å². The Balaban J connectivity index is 0.806. The van der Waals surface area contributed by atoms with Crippen LogP contribution < -0.4 is 26.0 Å². The van der Waals surface area contributed by atoms with E-state index in [1.165, 1.54) is 13.4 Å². The van der Waals surface area contributed by atoms with Crippen molar-refractivity contribution in [1.29, 1.82) is 5.41 Å². The van der Waals surface area contributed by atoms with Crippen LogP contribution in [0.15, 0.2) is 79.1 Å². The molecule has 3 fully saturated rings. The molecule has 1 atom stereocenters. The number of para-hydroxylation sites is 1. The molecule has 3 amide bonds. The molecule has 0 aliphatic carbocycles. The number of ether oxygens (including phenoxy) is 1. The minimum atomic E-state index is -1.03. The van der Waals surface area contributed by atoms with E-state index in [2.05, 4.69) is 35.3 Å². The summed E-state index contributed by atoms with van der Waals surface area (Å²) in [5, 5.41) is 15.1. The van der Waals surface area contributed by atoms with Gasteiger partial charge in [0.25, 0.3) is 11.8 Å². The topological polar surface area (TPSA) is 190 Å². The number of likely N-dealkylation sites (tertiary alicyclic amines) is 2. The molecular weight excluding hydrogens is 725 g/mol. The van der Waals surface area contributed by atoms with E-state index in [9.17, 15) is 19.2 Å². The molecule has 294 valence electrons. The Morgan fingerprint density at radius 1 is 0.912 bits per heavy atom. The average molecular weight is 771 g/mol. The summed E-state index contributed by atoms with van der Waals surface area (Å²) in [6.07, 6.45) is 4.14. The molecule has 1 unspecified atom stereocenters. The largest absolute Gasteiger partial charge is 0.457 e. The van der Waals surface area contributed by atoms with Gasteiger partial charge in [0, 0.05) is 82.1 Å². The lowest BCUT2D eigenvalue weighted by Crippen LogP contribution is -2.70. The van der Waals surface area contributed by atoms with Gasteiger partial charge in [0.2, 0.25) is 5.91 Å². The molecule has 5 N–H and O–H groups in total. The average Bonchev–Trinajstić information content (AvgIpc) is 3.44. The van der Waals surface area contributed by atoms with Gasteiger partial charge >= 0.3 is 0 Å². The van der Waals surface area contributed by atoms with Gasteiger partial charge in [0.05, 0.1) is 22.4 Å². The number of carbonyl (C=O) groups is 4. The first kappa shape index (κ1) is 37.7. The molecule has 5 heterocycles. The van der Waals surface area contributed by atoms with Crippen LogP contribution in [0.3, 0.4) is 0 Å². The monoisotopic (exact) mass is 770 g/mol. The molecule has 4 aliphatic heterocycles. The standard InChI is InChI=1S/C42H46N10O5/c1-45-40(54)35(8-5-19-53)52-41(55)33-14-11-28(20-34(33)42(52)56)50-23-30(24-50)51-21-29(22-51)49-17-15-27(16-18-49)48-39-36(38(44)46-25-47-39)37(43)26-9-12-32(13-10-26)57-31-6-3-2-4-7-31/h2-4,6-7,9-14,19-20,25,27,29-30,35,43H,5,8,15-18,21-24H2,1H3,(H,45,54)(H3,44,46,47,48). The summed E-state index contributed by atoms with van der Waals surface area (Å²) < 4.78 is 5.92. The van der Waals surface area contributed by atoms with Gasteiger partial charge < -0.3 is 30.8 Å². The lowest BCUT2D eigenvalue weighted by Gasteiger charge is -2.55. The van der Waals surface area contributed by atoms with Crippen LogP contribution in [0.1, 0.15) is 57.5 Å². The number of anilines is 3. The van der Waals surface area contributed by atoms with Gasteiger partial charge in [-0.15, -0.1) is 0 Å². The smallest absolute Gasteiger partial charge is 0.262 e. The van der Waals surface area contributed by atoms with E-state index < -0.39 is 23.8 Å². The highest BCUT2D eigenvalue weighted by molar-refractivity contribution is 6.23. The quantitative estimate of drug-likeness (QED) is 0.0832. The van der Waals surface area contributed by atoms with Crippen LogP contribution in [0.2, 0.25) is 0 Å². The number of nitrogens with one attached hydrogen (secondary N) is 3. The van der Waals surface area contributed by atoms with Crippen LogP contribution in [0.5, 0.6) is 11.5 Å². The minimum Gasteiger partial charge on any atom is -0.457 e. The number of amides is 3. The molecule has 4 aliphatic rings. The Morgan fingerprint density at radius 3 is 2.30 bits per heavy atom. The van der Waals surface area contributed by atoms with E-state index in [4.69, 9.17) is 15.9 Å². The minimum absolute atomic E-state index is 0.0662. The van der Waals surface area contributed by atoms with E-state index in [1.807, 2.05) is 60.7 Å². The summed E-state index contributed by atoms with van der Waals surface area (Å²) in [6.45, 7) is 5.58. The second kappa shape index (κ2) is 16.1. The summed E-state index contributed by atoms with van der Waals surface area (Å²) in [7, 11) is 1.45. The summed E-state index contributed by atoms with van der Waals surface area (Å²) in [4.78, 5) is 67.1. The summed E-state index contributed by atoms with van der Waals surface area (Å²) in [5.74, 6) is 0.758. The van der Waals surface area contributed by atoms with Crippen LogP contribution in [0.25, 0.3) is 0 Å². The zero-order chi connectivity index (χ0) is 39.6. The van der Waals surface area contributed by atoms with Crippen molar-refractivity contribution in [3.63, 3.8) is 0 Å². The second-order valence-corrected chi connectivity index (χ2v) is 15.0. The first-order valence-corrected chi connectivity index (χ1v) is 19.4. The number of imide groups is 1. The van der Waals surface area contributed by atoms with E-state index in [-0.39, 0.29) is 36.0 Å². The van der Waals surface area contributed by atoms with Gasteiger partial charge in [-0.3, -0.25) is 34.5 Å². The molecule has 8 rings (SSSR count). The number of rotatable bonds is 14. The van der Waals surface area contributed by atoms with Gasteiger partial charge in [0.1, 0.15) is 41.8 Å². The van der Waals surface area contributed by atoms with Crippen molar-refractivity contribution >= 4 is 47.0 Å². The van der Waals surface area contributed by atoms with E-state index in [0.717, 1.165) is 68.4 Å². The maximum atomic E-state index is 13.4. The molecule has 0 spiro atoms. The number of fused-ring (bicyclic) bond motifs is 1. The van der Waals surface area contributed by atoms with Crippen molar-refractivity contribution in [2.45, 2.75) is 49.9 Å². The first-order chi connectivity index (χ1) is 27.7. The Hall–Kier alpha value is -6.19. The van der Waals surface area contributed by atoms with Crippen molar-refractivity contribution in [1.82, 2.24) is 30.0 Å². The fraction of sp³-hybridized carbons (Fsp3) is 0.357. The Morgan fingerprint density at radius 2 is 1.60 bits per heavy atom. The highest BCUT2D eigenvalue weighted by Gasteiger charge is 2.45. The fourth-order valence-corrected chi connectivity index (χ4v) is 8.23. The van der Waals surface area contributed by atoms with Crippen LogP contribution in [0.4, 0.5) is 17.3 Å². The molecule has 0 radical (unpaired) electrons. The number of likely N-dealkylation sites (N-methyl/N-ethyl adjacent to an activating group) is 1. The number of aromatic nitrogens is 2. The van der Waals surface area contributed by atoms with Crippen molar-refractivity contribution in [3.05, 3.63) is 101 Å². The highest BCUT2D eigenvalue weighted by atomic mass is 16.5. The second-order valence-electron chi connectivity index (χ2n) is 15.0. The third-order valence-electron chi connectivity index (χ3n) is 11.6. The third-order valence-corrected chi connectivity index (χ3v) is 11.6. The number of hydrogen-bond donors (Lipinski definition) is 4. The van der Waals surface area contributed by atoms with Gasteiger partial charge in [0.15, 0.2) is 0 Å². The molecule has 3 saturated heterocycles. The van der Waals surface area contributed by atoms with Crippen molar-refractivity contribution in [2.75, 3.05) is 62.3 Å². The number of hydrogen-bond acceptors (Lipinski definition) is 13. The van der Waals surface area contributed by atoms with Gasteiger partial charge in [-0.2, -0.15) is 0 Å². The number of nitrogen functional groups attached to an aromatic ring is 1. The van der Waals surface area contributed by atoms with Crippen LogP contribution in [-0.4, -0.2) is 125 Å². The fourth-order valence-electron chi connectivity index (χ4n) is 8.23. The highest BCUT2D eigenvalue weighted by Crippen LogP contribution is 2.34. The molecule has 1 aromatic heterocycles. The van der Waals surface area contributed by atoms with E-state index in [1.54, 1.807) is 12.1 Å². The van der Waals surface area contributed by atoms with Gasteiger partial charge in [-0.05, 0) is 73.9 Å². The summed E-state index contributed by atoms with van der Waals surface area (Å²) in [5.41, 5.74) is 9.20. The summed E-state index contributed by atoms with van der Waals surface area (Å²) >= 11 is 0. The molecule has 0 bridgehead atoms. The zero-order valence-electron chi connectivity index (χ0n) is 31.8. The number of nitrogens with two attached hydrogens (primary N) is 1. The predicted octanol–water partition coefficient (Wildman–Crippen LogP) is 3.41. The van der Waals surface area contributed by atoms with Gasteiger partial charge in [-0.25, -0.2) is 9.97 Å². The Kier molecular flexibility index (Phi) is 10.7. The van der Waals surface area contributed by atoms with Crippen LogP contribution >= 0.6 is 0 Å². The zero-order valence-corrected chi connectivity index (χ0v) is 31.8. The molecule has 15 heteroatoms. The Bertz CT molecular complexity index is 2160. The van der Waals surface area contributed by atoms with E-state index >= 15 is 0 Å². The lowest BCUT2D eigenvalue weighted by molar-refractivity contribution is -0.124. The summed E-state index contributed by atoms with van der Waals surface area (Å²) in [6, 6.07) is 22.3. The van der Waals surface area contributed by atoms with Crippen molar-refractivity contribution in [2.24, 2.45) is 0 Å². The normalized spacial score (nSPS) is 18.4. The van der Waals surface area contributed by atoms with Crippen molar-refractivity contribution < 1.29 is 23.9 Å². The molecule has 3 aromatic carbocycles. The maximum absolute atomic E-state index is 13.4. The van der Waals surface area contributed by atoms with Crippen LogP contribution in [-0.2, 0) is 9.59 Å². The first-order valence-electron chi connectivity index (χ1n) is 19.4. The predicted molar refractivity (Wildman–Crippen MR) is 215 cm³/mol. The van der Waals surface area contributed by atoms with Gasteiger partial charge in [-0.1, -0.05) is 18.2 Å². The SMILES string of the molecule is CNC(=O)C(CCC=O)N1C(=O)c2ccc(N3CC(N4CC(N5CCC(Nc6ncnc(N)c6C(=N)c6ccc(Oc7ccccc7)cc6)CC5)C4)C3)cc2C1=O. The number of piperidine rings is 1. The number of carbonyl (C=O) groups excluding carboxylic acids is 4. The molecule has 0 saturated carbocycles.